The van der Waals surface area contributed by atoms with E-state index in [0.29, 0.717) is 18.9 Å². The number of hydrogen-bond acceptors (Lipinski definition) is 4. The zero-order valence-corrected chi connectivity index (χ0v) is 11.5. The Morgan fingerprint density at radius 3 is 2.71 bits per heavy atom. The highest BCUT2D eigenvalue weighted by molar-refractivity contribution is 5.80. The van der Waals surface area contributed by atoms with Crippen molar-refractivity contribution in [1.82, 2.24) is 18.7 Å². The van der Waals surface area contributed by atoms with E-state index >= 15 is 0 Å². The Balaban J connectivity index is 2.30. The second-order valence-corrected chi connectivity index (χ2v) is 4.68. The molecule has 2 aromatic heterocycles. The van der Waals surface area contributed by atoms with Crippen LogP contribution >= 0.6 is 0 Å². The molecule has 21 heavy (non-hydrogen) atoms. The molecule has 0 aliphatic rings. The standard InChI is InChI=1S/C13H15N5O3/c1-21-7-6-16-9-4-2-3-5-10(9)18-12(16)15-17(13(18)20)8-11(14)19/h2-5H,6-8H2,1H3,(H2,14,19). The SMILES string of the molecule is COCCn1c2ccccc2n2c(=O)n(CC(N)=O)nc12. The quantitative estimate of drug-likeness (QED) is 0.690. The predicted octanol–water partition coefficient (Wildman–Crippen LogP) is -0.418. The van der Waals surface area contributed by atoms with Gasteiger partial charge in [0.2, 0.25) is 11.7 Å². The number of benzene rings is 1. The molecule has 8 nitrogen and oxygen atoms in total. The first kappa shape index (κ1) is 13.4. The number of imidazole rings is 1. The van der Waals surface area contributed by atoms with E-state index in [1.807, 2.05) is 28.8 Å². The van der Waals surface area contributed by atoms with Crippen molar-refractivity contribution in [3.8, 4) is 0 Å². The number of rotatable bonds is 5. The fourth-order valence-corrected chi connectivity index (χ4v) is 2.42. The minimum atomic E-state index is -0.606. The maximum Gasteiger partial charge on any atom is 0.352 e. The van der Waals surface area contributed by atoms with Crippen LogP contribution in [-0.2, 0) is 22.6 Å². The Morgan fingerprint density at radius 1 is 1.33 bits per heavy atom. The normalized spacial score (nSPS) is 11.5. The van der Waals surface area contributed by atoms with Crippen molar-refractivity contribution in [1.29, 1.82) is 0 Å². The van der Waals surface area contributed by atoms with Crippen LogP contribution in [-0.4, -0.2) is 38.4 Å². The topological polar surface area (TPSA) is 96.5 Å². The highest BCUT2D eigenvalue weighted by Crippen LogP contribution is 2.18. The highest BCUT2D eigenvalue weighted by atomic mass is 16.5. The Labute approximate surface area is 119 Å². The van der Waals surface area contributed by atoms with E-state index in [2.05, 4.69) is 5.10 Å². The van der Waals surface area contributed by atoms with Crippen LogP contribution in [0.2, 0.25) is 0 Å². The van der Waals surface area contributed by atoms with Crippen LogP contribution in [0.4, 0.5) is 0 Å². The molecule has 0 radical (unpaired) electrons. The van der Waals surface area contributed by atoms with Gasteiger partial charge in [0.1, 0.15) is 6.54 Å². The van der Waals surface area contributed by atoms with Gasteiger partial charge in [-0.15, -0.1) is 5.10 Å². The maximum atomic E-state index is 12.4. The Hall–Kier alpha value is -2.61. The van der Waals surface area contributed by atoms with E-state index in [0.717, 1.165) is 15.7 Å². The van der Waals surface area contributed by atoms with E-state index in [1.165, 1.54) is 4.40 Å². The van der Waals surface area contributed by atoms with E-state index in [-0.39, 0.29) is 12.2 Å². The fraction of sp³-hybridized carbons (Fsp3) is 0.308. The van der Waals surface area contributed by atoms with Gasteiger partial charge in [-0.2, -0.15) is 0 Å². The molecule has 0 atom stereocenters. The molecule has 8 heteroatoms. The number of primary amides is 1. The third kappa shape index (κ3) is 2.09. The number of amides is 1. The summed E-state index contributed by atoms with van der Waals surface area (Å²) in [6.07, 6.45) is 0. The fourth-order valence-electron chi connectivity index (χ4n) is 2.42. The van der Waals surface area contributed by atoms with Crippen LogP contribution in [0.5, 0.6) is 0 Å². The largest absolute Gasteiger partial charge is 0.383 e. The number of aromatic nitrogens is 4. The summed E-state index contributed by atoms with van der Waals surface area (Å²) in [5.74, 6) is -0.134. The minimum absolute atomic E-state index is 0.237. The van der Waals surface area contributed by atoms with Crippen molar-refractivity contribution < 1.29 is 9.53 Å². The molecule has 2 N–H and O–H groups in total. The van der Waals surface area contributed by atoms with Gasteiger partial charge in [-0.3, -0.25) is 4.79 Å². The zero-order chi connectivity index (χ0) is 15.0. The molecule has 1 aromatic carbocycles. The monoisotopic (exact) mass is 289 g/mol. The summed E-state index contributed by atoms with van der Waals surface area (Å²) in [6.45, 7) is 0.810. The van der Waals surface area contributed by atoms with Gasteiger partial charge in [-0.1, -0.05) is 12.1 Å². The van der Waals surface area contributed by atoms with Gasteiger partial charge in [0.05, 0.1) is 17.6 Å². The maximum absolute atomic E-state index is 12.4. The van der Waals surface area contributed by atoms with Crippen molar-refractivity contribution in [2.75, 3.05) is 13.7 Å². The lowest BCUT2D eigenvalue weighted by atomic mass is 10.3. The van der Waals surface area contributed by atoms with Crippen LogP contribution in [0.25, 0.3) is 16.8 Å². The van der Waals surface area contributed by atoms with Gasteiger partial charge in [-0.05, 0) is 12.1 Å². The van der Waals surface area contributed by atoms with E-state index < -0.39 is 5.91 Å². The van der Waals surface area contributed by atoms with E-state index in [1.54, 1.807) is 7.11 Å². The molecule has 0 aliphatic carbocycles. The lowest BCUT2D eigenvalue weighted by Gasteiger charge is -2.03. The van der Waals surface area contributed by atoms with Gasteiger partial charge < -0.3 is 15.0 Å². The van der Waals surface area contributed by atoms with Gasteiger partial charge in [0.15, 0.2) is 0 Å². The molecule has 0 unspecified atom stereocenters. The van der Waals surface area contributed by atoms with Crippen molar-refractivity contribution >= 4 is 22.7 Å². The first-order valence-electron chi connectivity index (χ1n) is 6.47. The average molecular weight is 289 g/mol. The highest BCUT2D eigenvalue weighted by Gasteiger charge is 2.17. The van der Waals surface area contributed by atoms with Crippen LogP contribution in [0.15, 0.2) is 29.1 Å². The molecule has 0 saturated heterocycles. The molecule has 0 saturated carbocycles. The number of ether oxygens (including phenoxy) is 1. The molecule has 2 heterocycles. The van der Waals surface area contributed by atoms with Gasteiger partial charge in [-0.25, -0.2) is 13.9 Å². The summed E-state index contributed by atoms with van der Waals surface area (Å²) >= 11 is 0. The van der Waals surface area contributed by atoms with Crippen molar-refractivity contribution in [3.63, 3.8) is 0 Å². The molecular weight excluding hydrogens is 274 g/mol. The zero-order valence-electron chi connectivity index (χ0n) is 11.5. The summed E-state index contributed by atoms with van der Waals surface area (Å²) in [6, 6.07) is 7.49. The minimum Gasteiger partial charge on any atom is -0.383 e. The van der Waals surface area contributed by atoms with Gasteiger partial charge in [0, 0.05) is 13.7 Å². The molecule has 110 valence electrons. The summed E-state index contributed by atoms with van der Waals surface area (Å²) < 4.78 is 9.54. The first-order valence-corrected chi connectivity index (χ1v) is 6.47. The number of fused-ring (bicyclic) bond motifs is 3. The number of nitrogens with two attached hydrogens (primary N) is 1. The van der Waals surface area contributed by atoms with Crippen molar-refractivity contribution in [3.05, 3.63) is 34.7 Å². The van der Waals surface area contributed by atoms with E-state index in [9.17, 15) is 9.59 Å². The lowest BCUT2D eigenvalue weighted by Crippen LogP contribution is -2.28. The Morgan fingerprint density at radius 2 is 2.05 bits per heavy atom. The molecule has 0 spiro atoms. The third-order valence-electron chi connectivity index (χ3n) is 3.30. The van der Waals surface area contributed by atoms with Crippen molar-refractivity contribution in [2.45, 2.75) is 13.1 Å². The summed E-state index contributed by atoms with van der Waals surface area (Å²) in [7, 11) is 1.61. The summed E-state index contributed by atoms with van der Waals surface area (Å²) in [5.41, 5.74) is 6.39. The number of methoxy groups -OCH3 is 1. The molecule has 0 fully saturated rings. The van der Waals surface area contributed by atoms with Gasteiger partial charge >= 0.3 is 5.69 Å². The van der Waals surface area contributed by atoms with Crippen LogP contribution < -0.4 is 11.4 Å². The number of hydrogen-bond donors (Lipinski definition) is 1. The Kier molecular flexibility index (Phi) is 3.22. The number of carbonyl (C=O) groups is 1. The summed E-state index contributed by atoms with van der Waals surface area (Å²) in [4.78, 5) is 23.4. The lowest BCUT2D eigenvalue weighted by molar-refractivity contribution is -0.118. The molecule has 1 amide bonds. The average Bonchev–Trinajstić information content (AvgIpc) is 2.92. The number of nitrogens with zero attached hydrogens (tertiary/aromatic N) is 4. The molecular formula is C13H15N5O3. The summed E-state index contributed by atoms with van der Waals surface area (Å²) in [5, 5.41) is 4.22. The van der Waals surface area contributed by atoms with Crippen LogP contribution in [0.3, 0.4) is 0 Å². The first-order chi connectivity index (χ1) is 10.1. The second-order valence-electron chi connectivity index (χ2n) is 4.68. The van der Waals surface area contributed by atoms with E-state index in [4.69, 9.17) is 10.5 Å². The molecule has 3 rings (SSSR count). The smallest absolute Gasteiger partial charge is 0.352 e. The second kappa shape index (κ2) is 5.06. The molecule has 0 bridgehead atoms. The molecule has 3 aromatic rings. The Bertz CT molecular complexity index is 873. The van der Waals surface area contributed by atoms with Crippen LogP contribution in [0.1, 0.15) is 0 Å². The third-order valence-corrected chi connectivity index (χ3v) is 3.30. The molecule has 0 aliphatic heterocycles. The van der Waals surface area contributed by atoms with Gasteiger partial charge in [0.25, 0.3) is 0 Å². The number of para-hydroxylation sites is 2. The predicted molar refractivity (Wildman–Crippen MR) is 76.0 cm³/mol. The van der Waals surface area contributed by atoms with Crippen LogP contribution in [0, 0.1) is 0 Å². The van der Waals surface area contributed by atoms with Crippen molar-refractivity contribution in [2.24, 2.45) is 5.73 Å². The number of carbonyl (C=O) groups excluding carboxylic acids is 1.